The number of halogens is 1. The monoisotopic (exact) mass is 307 g/mol. The SMILES string of the molecule is O=[N+]([O-])c1ccccc1Oc1ccc(CBr)cc1. The van der Waals surface area contributed by atoms with Gasteiger partial charge in [-0.25, -0.2) is 0 Å². The van der Waals surface area contributed by atoms with Crippen LogP contribution < -0.4 is 4.74 Å². The van der Waals surface area contributed by atoms with Crippen molar-refractivity contribution in [2.45, 2.75) is 5.33 Å². The summed E-state index contributed by atoms with van der Waals surface area (Å²) in [6.45, 7) is 0. The molecule has 0 unspecified atom stereocenters. The van der Waals surface area contributed by atoms with Gasteiger partial charge in [-0.05, 0) is 23.8 Å². The second-order valence-electron chi connectivity index (χ2n) is 3.60. The lowest BCUT2D eigenvalue weighted by Gasteiger charge is -2.06. The van der Waals surface area contributed by atoms with E-state index in [0.717, 1.165) is 10.9 Å². The van der Waals surface area contributed by atoms with E-state index in [2.05, 4.69) is 15.9 Å². The van der Waals surface area contributed by atoms with Gasteiger partial charge in [0.15, 0.2) is 0 Å². The standard InChI is InChI=1S/C13H10BrNO3/c14-9-10-5-7-11(8-6-10)18-13-4-2-1-3-12(13)15(16)17/h1-8H,9H2. The Bertz CT molecular complexity index is 554. The van der Waals surface area contributed by atoms with Crippen LogP contribution >= 0.6 is 15.9 Å². The molecule has 2 aromatic carbocycles. The minimum Gasteiger partial charge on any atom is -0.450 e. The van der Waals surface area contributed by atoms with E-state index in [9.17, 15) is 10.1 Å². The van der Waals surface area contributed by atoms with Gasteiger partial charge < -0.3 is 4.74 Å². The van der Waals surface area contributed by atoms with Gasteiger partial charge in [-0.1, -0.05) is 40.2 Å². The number of rotatable bonds is 4. The van der Waals surface area contributed by atoms with E-state index in [-0.39, 0.29) is 11.4 Å². The van der Waals surface area contributed by atoms with Crippen molar-refractivity contribution in [3.8, 4) is 11.5 Å². The Balaban J connectivity index is 2.25. The lowest BCUT2D eigenvalue weighted by Crippen LogP contribution is -1.92. The van der Waals surface area contributed by atoms with Gasteiger partial charge >= 0.3 is 5.69 Å². The summed E-state index contributed by atoms with van der Waals surface area (Å²) in [5.41, 5.74) is 1.08. The van der Waals surface area contributed by atoms with Crippen molar-refractivity contribution in [3.63, 3.8) is 0 Å². The normalized spacial score (nSPS) is 10.1. The van der Waals surface area contributed by atoms with Crippen LogP contribution in [0.2, 0.25) is 0 Å². The molecule has 0 fully saturated rings. The highest BCUT2D eigenvalue weighted by molar-refractivity contribution is 9.08. The number of ether oxygens (including phenoxy) is 1. The van der Waals surface area contributed by atoms with E-state index in [1.807, 2.05) is 12.1 Å². The minimum absolute atomic E-state index is 0.0398. The summed E-state index contributed by atoms with van der Waals surface area (Å²) < 4.78 is 5.51. The van der Waals surface area contributed by atoms with Crippen molar-refractivity contribution >= 4 is 21.6 Å². The number of hydrogen-bond acceptors (Lipinski definition) is 3. The molecular weight excluding hydrogens is 298 g/mol. The Labute approximate surface area is 112 Å². The van der Waals surface area contributed by atoms with E-state index < -0.39 is 4.92 Å². The molecule has 0 radical (unpaired) electrons. The van der Waals surface area contributed by atoms with Gasteiger partial charge in [-0.2, -0.15) is 0 Å². The summed E-state index contributed by atoms with van der Waals surface area (Å²) in [5.74, 6) is 0.822. The van der Waals surface area contributed by atoms with Gasteiger partial charge in [0.1, 0.15) is 5.75 Å². The van der Waals surface area contributed by atoms with Crippen molar-refractivity contribution in [2.24, 2.45) is 0 Å². The average Bonchev–Trinajstić information content (AvgIpc) is 2.40. The molecule has 92 valence electrons. The van der Waals surface area contributed by atoms with Crippen LogP contribution in [0, 0.1) is 10.1 Å². The predicted octanol–water partition coefficient (Wildman–Crippen LogP) is 4.28. The average molecular weight is 308 g/mol. The molecule has 4 nitrogen and oxygen atoms in total. The Morgan fingerprint density at radius 3 is 2.39 bits per heavy atom. The maximum atomic E-state index is 10.8. The van der Waals surface area contributed by atoms with E-state index in [0.29, 0.717) is 5.75 Å². The fourth-order valence-corrected chi connectivity index (χ4v) is 1.84. The third kappa shape index (κ3) is 2.87. The molecule has 2 rings (SSSR count). The van der Waals surface area contributed by atoms with Crippen LogP contribution in [0.25, 0.3) is 0 Å². The van der Waals surface area contributed by atoms with Crippen LogP contribution in [0.4, 0.5) is 5.69 Å². The first-order valence-corrected chi connectivity index (χ1v) is 6.39. The molecule has 0 aliphatic rings. The van der Waals surface area contributed by atoms with Crippen LogP contribution in [0.5, 0.6) is 11.5 Å². The first kappa shape index (κ1) is 12.6. The van der Waals surface area contributed by atoms with Crippen LogP contribution in [-0.4, -0.2) is 4.92 Å². The first-order chi connectivity index (χ1) is 8.70. The summed E-state index contributed by atoms with van der Waals surface area (Å²) in [5, 5.41) is 11.6. The van der Waals surface area contributed by atoms with Crippen molar-refractivity contribution in [3.05, 3.63) is 64.2 Å². The topological polar surface area (TPSA) is 52.4 Å². The fourth-order valence-electron chi connectivity index (χ4n) is 1.47. The minimum atomic E-state index is -0.456. The van der Waals surface area contributed by atoms with Crippen LogP contribution in [-0.2, 0) is 5.33 Å². The summed E-state index contributed by atoms with van der Waals surface area (Å²) in [4.78, 5) is 10.4. The maximum Gasteiger partial charge on any atom is 0.311 e. The Morgan fingerprint density at radius 2 is 1.78 bits per heavy atom. The molecule has 0 aliphatic carbocycles. The van der Waals surface area contributed by atoms with Crippen LogP contribution in [0.3, 0.4) is 0 Å². The zero-order chi connectivity index (χ0) is 13.0. The zero-order valence-electron chi connectivity index (χ0n) is 9.38. The largest absolute Gasteiger partial charge is 0.450 e. The second kappa shape index (κ2) is 5.64. The number of alkyl halides is 1. The number of nitro groups is 1. The molecule has 0 heterocycles. The lowest BCUT2D eigenvalue weighted by atomic mass is 10.2. The first-order valence-electron chi connectivity index (χ1n) is 5.27. The molecule has 0 bridgehead atoms. The number of hydrogen-bond donors (Lipinski definition) is 0. The summed E-state index contributed by atoms with van der Waals surface area (Å²) >= 11 is 3.35. The van der Waals surface area contributed by atoms with Crippen molar-refractivity contribution in [1.29, 1.82) is 0 Å². The highest BCUT2D eigenvalue weighted by Gasteiger charge is 2.14. The molecule has 18 heavy (non-hydrogen) atoms. The quantitative estimate of drug-likeness (QED) is 0.481. The predicted molar refractivity (Wildman–Crippen MR) is 72.2 cm³/mol. The molecule has 5 heteroatoms. The molecule has 0 aliphatic heterocycles. The molecule has 0 amide bonds. The molecule has 0 spiro atoms. The van der Waals surface area contributed by atoms with E-state index >= 15 is 0 Å². The Hall–Kier alpha value is -1.88. The number of benzene rings is 2. The van der Waals surface area contributed by atoms with Crippen LogP contribution in [0.15, 0.2) is 48.5 Å². The van der Waals surface area contributed by atoms with Crippen molar-refractivity contribution in [2.75, 3.05) is 0 Å². The maximum absolute atomic E-state index is 10.8. The van der Waals surface area contributed by atoms with Crippen molar-refractivity contribution in [1.82, 2.24) is 0 Å². The van der Waals surface area contributed by atoms with Crippen molar-refractivity contribution < 1.29 is 9.66 Å². The summed E-state index contributed by atoms with van der Waals surface area (Å²) in [6.07, 6.45) is 0. The lowest BCUT2D eigenvalue weighted by molar-refractivity contribution is -0.385. The smallest absolute Gasteiger partial charge is 0.311 e. The number of para-hydroxylation sites is 2. The van der Waals surface area contributed by atoms with E-state index in [1.165, 1.54) is 6.07 Å². The Kier molecular flexibility index (Phi) is 3.94. The summed E-state index contributed by atoms with van der Waals surface area (Å²) in [6, 6.07) is 13.7. The third-order valence-corrected chi connectivity index (χ3v) is 3.01. The molecule has 0 N–H and O–H groups in total. The van der Waals surface area contributed by atoms with E-state index in [1.54, 1.807) is 30.3 Å². The Morgan fingerprint density at radius 1 is 1.11 bits per heavy atom. The third-order valence-electron chi connectivity index (χ3n) is 2.37. The highest BCUT2D eigenvalue weighted by Crippen LogP contribution is 2.30. The van der Waals surface area contributed by atoms with Gasteiger partial charge in [0.05, 0.1) is 4.92 Å². The van der Waals surface area contributed by atoms with Gasteiger partial charge in [0, 0.05) is 11.4 Å². The zero-order valence-corrected chi connectivity index (χ0v) is 11.0. The summed E-state index contributed by atoms with van der Waals surface area (Å²) in [7, 11) is 0. The molecule has 0 saturated carbocycles. The number of nitro benzene ring substituents is 1. The molecular formula is C13H10BrNO3. The van der Waals surface area contributed by atoms with Crippen LogP contribution in [0.1, 0.15) is 5.56 Å². The second-order valence-corrected chi connectivity index (χ2v) is 4.17. The number of nitrogens with zero attached hydrogens (tertiary/aromatic N) is 1. The van der Waals surface area contributed by atoms with Gasteiger partial charge in [0.25, 0.3) is 0 Å². The highest BCUT2D eigenvalue weighted by atomic mass is 79.9. The molecule has 0 saturated heterocycles. The molecule has 0 atom stereocenters. The molecule has 0 aromatic heterocycles. The van der Waals surface area contributed by atoms with E-state index in [4.69, 9.17) is 4.74 Å². The van der Waals surface area contributed by atoms with Gasteiger partial charge in [0.2, 0.25) is 5.75 Å². The fraction of sp³-hybridized carbons (Fsp3) is 0.0769. The van der Waals surface area contributed by atoms with Gasteiger partial charge in [-0.15, -0.1) is 0 Å². The van der Waals surface area contributed by atoms with Gasteiger partial charge in [-0.3, -0.25) is 10.1 Å². The molecule has 2 aromatic rings.